The van der Waals surface area contributed by atoms with Crippen molar-refractivity contribution in [1.29, 1.82) is 0 Å². The Bertz CT molecular complexity index is 1200. The minimum atomic E-state index is -0.651. The summed E-state index contributed by atoms with van der Waals surface area (Å²) in [6.45, 7) is 9.12. The third kappa shape index (κ3) is 7.52. The van der Waals surface area contributed by atoms with Gasteiger partial charge in [-0.2, -0.15) is 0 Å². The van der Waals surface area contributed by atoms with Crippen LogP contribution in [0, 0.1) is 13.8 Å². The fraction of sp³-hybridized carbons (Fsp3) is 0.393. The monoisotopic (exact) mass is 534 g/mol. The van der Waals surface area contributed by atoms with Gasteiger partial charge in [0.1, 0.15) is 6.04 Å². The van der Waals surface area contributed by atoms with Crippen molar-refractivity contribution < 1.29 is 14.3 Å². The highest BCUT2D eigenvalue weighted by molar-refractivity contribution is 7.99. The van der Waals surface area contributed by atoms with Crippen LogP contribution in [0.3, 0.4) is 0 Å². The minimum absolute atomic E-state index is 0.126. The van der Waals surface area contributed by atoms with Gasteiger partial charge >= 0.3 is 0 Å². The predicted molar refractivity (Wildman–Crippen MR) is 149 cm³/mol. The smallest absolute Gasteiger partial charge is 0.247 e. The molecule has 1 saturated heterocycles. The number of aryl methyl sites for hydroxylation is 2. The first-order valence-corrected chi connectivity index (χ1v) is 13.8. The Labute approximate surface area is 228 Å². The van der Waals surface area contributed by atoms with Crippen molar-refractivity contribution in [3.05, 3.63) is 71.8 Å². The van der Waals surface area contributed by atoms with Crippen LogP contribution < -0.4 is 10.2 Å². The lowest BCUT2D eigenvalue weighted by molar-refractivity contribution is -0.137. The second-order valence-electron chi connectivity index (χ2n) is 9.16. The zero-order valence-electron chi connectivity index (χ0n) is 22.1. The molecule has 10 heteroatoms. The SMILES string of the molecule is CCC(C(=O)Nc1ccc(N2CCOCC2)cc1)N(Cc1cccnc1)C(=O)CSc1nc(C)cc(C)n1. The summed E-state index contributed by atoms with van der Waals surface area (Å²) in [6, 6.07) is 12.8. The van der Waals surface area contributed by atoms with Crippen molar-refractivity contribution in [2.75, 3.05) is 42.3 Å². The van der Waals surface area contributed by atoms with Gasteiger partial charge in [-0.1, -0.05) is 24.8 Å². The first-order valence-electron chi connectivity index (χ1n) is 12.8. The third-order valence-electron chi connectivity index (χ3n) is 6.26. The van der Waals surface area contributed by atoms with Crippen molar-refractivity contribution in [2.24, 2.45) is 0 Å². The Morgan fingerprint density at radius 1 is 1.11 bits per heavy atom. The Morgan fingerprint density at radius 2 is 1.82 bits per heavy atom. The van der Waals surface area contributed by atoms with Crippen LogP contribution in [0.15, 0.2) is 60.0 Å². The van der Waals surface area contributed by atoms with Gasteiger partial charge in [0.25, 0.3) is 0 Å². The van der Waals surface area contributed by atoms with Gasteiger partial charge in [0, 0.05) is 54.8 Å². The lowest BCUT2D eigenvalue weighted by Gasteiger charge is -2.31. The van der Waals surface area contributed by atoms with Gasteiger partial charge in [-0.3, -0.25) is 14.6 Å². The molecule has 0 aliphatic carbocycles. The van der Waals surface area contributed by atoms with E-state index in [1.807, 2.05) is 63.2 Å². The van der Waals surface area contributed by atoms with Crippen LogP contribution in [0.2, 0.25) is 0 Å². The van der Waals surface area contributed by atoms with Gasteiger partial charge < -0.3 is 19.9 Å². The highest BCUT2D eigenvalue weighted by atomic mass is 32.2. The van der Waals surface area contributed by atoms with E-state index >= 15 is 0 Å². The molecule has 0 bridgehead atoms. The number of pyridine rings is 1. The molecule has 1 aromatic carbocycles. The van der Waals surface area contributed by atoms with Crippen LogP contribution in [-0.2, 0) is 20.9 Å². The summed E-state index contributed by atoms with van der Waals surface area (Å²) in [5.74, 6) is -0.260. The molecule has 0 spiro atoms. The van der Waals surface area contributed by atoms with Crippen LogP contribution in [0.1, 0.15) is 30.3 Å². The van der Waals surface area contributed by atoms with Crippen molar-refractivity contribution in [3.8, 4) is 0 Å². The molecule has 1 aliphatic heterocycles. The summed E-state index contributed by atoms with van der Waals surface area (Å²) in [6.07, 6.45) is 3.87. The van der Waals surface area contributed by atoms with Crippen LogP contribution in [0.25, 0.3) is 0 Å². The molecule has 3 heterocycles. The number of nitrogens with zero attached hydrogens (tertiary/aromatic N) is 5. The lowest BCUT2D eigenvalue weighted by atomic mass is 10.1. The van der Waals surface area contributed by atoms with E-state index in [0.717, 1.165) is 35.7 Å². The summed E-state index contributed by atoms with van der Waals surface area (Å²) >= 11 is 1.28. The molecule has 1 unspecified atom stereocenters. The van der Waals surface area contributed by atoms with Gasteiger partial charge in [-0.15, -0.1) is 0 Å². The Kier molecular flexibility index (Phi) is 9.67. The van der Waals surface area contributed by atoms with Crippen LogP contribution in [0.4, 0.5) is 11.4 Å². The van der Waals surface area contributed by atoms with Crippen molar-refractivity contribution in [3.63, 3.8) is 0 Å². The molecule has 0 saturated carbocycles. The first-order chi connectivity index (χ1) is 18.4. The summed E-state index contributed by atoms with van der Waals surface area (Å²) in [5.41, 5.74) is 4.35. The quantitative estimate of drug-likeness (QED) is 0.309. The number of hydrogen-bond acceptors (Lipinski definition) is 8. The predicted octanol–water partition coefficient (Wildman–Crippen LogP) is 3.86. The number of morpholine rings is 1. The molecule has 1 N–H and O–H groups in total. The van der Waals surface area contributed by atoms with Gasteiger partial charge in [0.2, 0.25) is 11.8 Å². The van der Waals surface area contributed by atoms with E-state index in [4.69, 9.17) is 4.74 Å². The molecular weight excluding hydrogens is 500 g/mol. The fourth-order valence-corrected chi connectivity index (χ4v) is 5.21. The van der Waals surface area contributed by atoms with E-state index in [2.05, 4.69) is 25.2 Å². The molecule has 200 valence electrons. The van der Waals surface area contributed by atoms with E-state index in [0.29, 0.717) is 30.5 Å². The number of anilines is 2. The molecule has 3 aromatic rings. The molecule has 1 fully saturated rings. The largest absolute Gasteiger partial charge is 0.378 e. The van der Waals surface area contributed by atoms with Crippen LogP contribution >= 0.6 is 11.8 Å². The molecule has 2 amide bonds. The van der Waals surface area contributed by atoms with E-state index < -0.39 is 6.04 Å². The molecule has 0 radical (unpaired) electrons. The molecule has 1 aliphatic rings. The van der Waals surface area contributed by atoms with Crippen molar-refractivity contribution >= 4 is 35.0 Å². The zero-order valence-corrected chi connectivity index (χ0v) is 22.9. The Balaban J connectivity index is 1.47. The molecule has 38 heavy (non-hydrogen) atoms. The maximum absolute atomic E-state index is 13.5. The molecule has 1 atom stereocenters. The summed E-state index contributed by atoms with van der Waals surface area (Å²) < 4.78 is 5.43. The Morgan fingerprint density at radius 3 is 2.45 bits per heavy atom. The van der Waals surface area contributed by atoms with E-state index in [1.165, 1.54) is 11.8 Å². The van der Waals surface area contributed by atoms with E-state index in [1.54, 1.807) is 17.3 Å². The number of rotatable bonds is 10. The molecule has 4 rings (SSSR count). The maximum atomic E-state index is 13.5. The number of thioether (sulfide) groups is 1. The summed E-state index contributed by atoms with van der Waals surface area (Å²) in [4.78, 5) is 43.9. The first kappa shape index (κ1) is 27.5. The molecule has 9 nitrogen and oxygen atoms in total. The number of ether oxygens (including phenoxy) is 1. The van der Waals surface area contributed by atoms with Crippen molar-refractivity contribution in [1.82, 2.24) is 19.9 Å². The fourth-order valence-electron chi connectivity index (χ4n) is 4.38. The average molecular weight is 535 g/mol. The standard InChI is InChI=1S/C28H34N6O3S/c1-4-25(27(36)32-23-7-9-24(10-8-23)33-12-14-37-15-13-33)34(18-22-6-5-11-29-17-22)26(35)19-38-28-30-20(2)16-21(3)31-28/h5-11,16-17,25H,4,12-15,18-19H2,1-3H3,(H,32,36). The maximum Gasteiger partial charge on any atom is 0.247 e. The summed E-state index contributed by atoms with van der Waals surface area (Å²) in [5, 5.41) is 3.56. The molecular formula is C28H34N6O3S. The number of aromatic nitrogens is 3. The van der Waals surface area contributed by atoms with Crippen molar-refractivity contribution in [2.45, 2.75) is 44.9 Å². The number of carbonyl (C=O) groups is 2. The van der Waals surface area contributed by atoms with Gasteiger partial charge in [-0.25, -0.2) is 9.97 Å². The van der Waals surface area contributed by atoms with Gasteiger partial charge in [-0.05, 0) is 62.2 Å². The minimum Gasteiger partial charge on any atom is -0.378 e. The molecule has 2 aromatic heterocycles. The number of benzene rings is 1. The average Bonchev–Trinajstić information content (AvgIpc) is 2.92. The second-order valence-corrected chi connectivity index (χ2v) is 10.1. The number of hydrogen-bond donors (Lipinski definition) is 1. The van der Waals surface area contributed by atoms with E-state index in [-0.39, 0.29) is 24.1 Å². The van der Waals surface area contributed by atoms with Crippen LogP contribution in [0.5, 0.6) is 0 Å². The topological polar surface area (TPSA) is 101 Å². The van der Waals surface area contributed by atoms with Gasteiger partial charge in [0.15, 0.2) is 5.16 Å². The number of nitrogens with one attached hydrogen (secondary N) is 1. The number of carbonyl (C=O) groups excluding carboxylic acids is 2. The second kappa shape index (κ2) is 13.3. The highest BCUT2D eigenvalue weighted by Gasteiger charge is 2.29. The highest BCUT2D eigenvalue weighted by Crippen LogP contribution is 2.22. The lowest BCUT2D eigenvalue weighted by Crippen LogP contribution is -2.47. The van der Waals surface area contributed by atoms with E-state index in [9.17, 15) is 9.59 Å². The normalized spacial score (nSPS) is 14.1. The third-order valence-corrected chi connectivity index (χ3v) is 7.09. The van der Waals surface area contributed by atoms with Crippen LogP contribution in [-0.4, -0.2) is 69.8 Å². The zero-order chi connectivity index (χ0) is 26.9. The Hall–Kier alpha value is -3.50. The number of amides is 2. The summed E-state index contributed by atoms with van der Waals surface area (Å²) in [7, 11) is 0. The van der Waals surface area contributed by atoms with Gasteiger partial charge in [0.05, 0.1) is 19.0 Å².